The summed E-state index contributed by atoms with van der Waals surface area (Å²) < 4.78 is 5.97. The Hall–Kier alpha value is -2.37. The third-order valence-corrected chi connectivity index (χ3v) is 2.18. The Kier molecular flexibility index (Phi) is 2.55. The molecular weight excluding hydrogens is 210 g/mol. The first-order chi connectivity index (χ1) is 7.70. The van der Waals surface area contributed by atoms with Crippen molar-refractivity contribution in [2.75, 3.05) is 0 Å². The number of hydrogen-bond acceptors (Lipinski definition) is 4. The Labute approximate surface area is 90.4 Å². The van der Waals surface area contributed by atoms with Crippen molar-refractivity contribution in [2.45, 2.75) is 6.92 Å². The molecule has 0 aliphatic carbocycles. The van der Waals surface area contributed by atoms with Crippen LogP contribution < -0.4 is 10.3 Å². The van der Waals surface area contributed by atoms with Crippen LogP contribution >= 0.6 is 0 Å². The summed E-state index contributed by atoms with van der Waals surface area (Å²) in [6.07, 6.45) is 1.28. The fourth-order valence-corrected chi connectivity index (χ4v) is 1.30. The van der Waals surface area contributed by atoms with Crippen molar-refractivity contribution in [3.8, 4) is 5.69 Å². The first-order valence-electron chi connectivity index (χ1n) is 4.58. The van der Waals surface area contributed by atoms with Gasteiger partial charge in [-0.05, 0) is 34.6 Å². The van der Waals surface area contributed by atoms with Crippen LogP contribution in [0.2, 0.25) is 0 Å². The number of aromatic nitrogens is 2. The highest BCUT2D eigenvalue weighted by molar-refractivity contribution is 5.98. The second-order valence-electron chi connectivity index (χ2n) is 3.24. The van der Waals surface area contributed by atoms with Crippen LogP contribution in [0.4, 0.5) is 0 Å². The molecule has 0 saturated heterocycles. The molecule has 0 spiro atoms. The maximum atomic E-state index is 10.8. The van der Waals surface area contributed by atoms with Gasteiger partial charge in [-0.25, -0.2) is 4.79 Å². The van der Waals surface area contributed by atoms with Crippen molar-refractivity contribution in [1.29, 1.82) is 0 Å². The predicted octanol–water partition coefficient (Wildman–Crippen LogP) is 0.551. The van der Waals surface area contributed by atoms with Gasteiger partial charge < -0.3 is 10.4 Å². The standard InChI is InChI=1S/C10H9N3O3/c1-7(11-15)8-2-4-9(5-3-8)13-6-10(14)16-12-13/h2-6H,1H3,(H-,12,14,15). The zero-order valence-corrected chi connectivity index (χ0v) is 8.51. The molecule has 82 valence electrons. The fraction of sp³-hybridized carbons (Fsp3) is 0.100. The molecule has 2 aromatic rings. The summed E-state index contributed by atoms with van der Waals surface area (Å²) in [4.78, 5) is 10.8. The monoisotopic (exact) mass is 219 g/mol. The lowest BCUT2D eigenvalue weighted by molar-refractivity contribution is -0.670. The number of H-pyrrole nitrogens is 1. The Morgan fingerprint density at radius 3 is 2.62 bits per heavy atom. The minimum atomic E-state index is -0.457. The Bertz CT molecular complexity index is 565. The van der Waals surface area contributed by atoms with E-state index in [1.807, 2.05) is 0 Å². The normalized spacial score (nSPS) is 11.7. The van der Waals surface area contributed by atoms with Gasteiger partial charge in [0, 0.05) is 17.8 Å². The lowest BCUT2D eigenvalue weighted by atomic mass is 10.1. The molecule has 1 N–H and O–H groups in total. The van der Waals surface area contributed by atoms with Crippen molar-refractivity contribution in [1.82, 2.24) is 5.27 Å². The second kappa shape index (κ2) is 4.01. The summed E-state index contributed by atoms with van der Waals surface area (Å²) in [5, 5.41) is 15.6. The van der Waals surface area contributed by atoms with Crippen LogP contribution in [0.5, 0.6) is 0 Å². The van der Waals surface area contributed by atoms with Gasteiger partial charge in [-0.2, -0.15) is 0 Å². The van der Waals surface area contributed by atoms with Crippen molar-refractivity contribution in [3.63, 3.8) is 0 Å². The number of rotatable bonds is 2. The van der Waals surface area contributed by atoms with Crippen LogP contribution in [0.3, 0.4) is 0 Å². The molecule has 0 aliphatic heterocycles. The zero-order chi connectivity index (χ0) is 11.5. The van der Waals surface area contributed by atoms with Gasteiger partial charge in [-0.3, -0.25) is 4.52 Å². The lowest BCUT2D eigenvalue weighted by Crippen LogP contribution is -2.32. The van der Waals surface area contributed by atoms with Gasteiger partial charge >= 0.3 is 5.63 Å². The summed E-state index contributed by atoms with van der Waals surface area (Å²) in [7, 11) is 0. The first-order valence-corrected chi connectivity index (χ1v) is 4.58. The molecule has 0 unspecified atom stereocenters. The minimum absolute atomic E-state index is 0.414. The van der Waals surface area contributed by atoms with Crippen molar-refractivity contribution < 1.29 is 9.20 Å². The highest BCUT2D eigenvalue weighted by Gasteiger charge is 2.09. The molecule has 6 nitrogen and oxygen atoms in total. The van der Waals surface area contributed by atoms with Crippen molar-refractivity contribution in [2.24, 2.45) is 5.16 Å². The summed E-state index contributed by atoms with van der Waals surface area (Å²) in [5.41, 5.74) is 1.43. The number of nitrogens with one attached hydrogen (secondary N) is 1. The molecule has 0 radical (unpaired) electrons. The lowest BCUT2D eigenvalue weighted by Gasteiger charge is -2.01. The number of aromatic amines is 1. The van der Waals surface area contributed by atoms with Gasteiger partial charge in [0.05, 0.1) is 0 Å². The molecule has 0 saturated carbocycles. The second-order valence-corrected chi connectivity index (χ2v) is 3.24. The van der Waals surface area contributed by atoms with Crippen LogP contribution in [0.1, 0.15) is 12.5 Å². The third-order valence-electron chi connectivity index (χ3n) is 2.18. The third kappa shape index (κ3) is 1.85. The maximum absolute atomic E-state index is 10.8. The largest absolute Gasteiger partial charge is 0.792 e. The van der Waals surface area contributed by atoms with E-state index in [1.54, 1.807) is 31.2 Å². The van der Waals surface area contributed by atoms with E-state index in [4.69, 9.17) is 0 Å². The average Bonchev–Trinajstić information content (AvgIpc) is 2.75. The molecule has 6 heteroatoms. The Morgan fingerprint density at radius 2 is 2.12 bits per heavy atom. The van der Waals surface area contributed by atoms with Crippen LogP contribution in [-0.4, -0.2) is 11.0 Å². The number of nitrogens with zero attached hydrogens (tertiary/aromatic N) is 2. The van der Waals surface area contributed by atoms with Gasteiger partial charge in [-0.1, -0.05) is 0 Å². The van der Waals surface area contributed by atoms with Gasteiger partial charge in [0.1, 0.15) is 0 Å². The Balaban J connectivity index is 2.36. The predicted molar refractivity (Wildman–Crippen MR) is 56.4 cm³/mol. The molecule has 16 heavy (non-hydrogen) atoms. The van der Waals surface area contributed by atoms with Gasteiger partial charge in [-0.15, -0.1) is 0 Å². The van der Waals surface area contributed by atoms with Gasteiger partial charge in [0.2, 0.25) is 5.69 Å². The van der Waals surface area contributed by atoms with Gasteiger partial charge in [0.15, 0.2) is 0 Å². The highest BCUT2D eigenvalue weighted by Crippen LogP contribution is 2.04. The zero-order valence-electron chi connectivity index (χ0n) is 8.51. The summed E-state index contributed by atoms with van der Waals surface area (Å²) in [5.74, 6) is 0. The Morgan fingerprint density at radius 1 is 1.44 bits per heavy atom. The molecule has 0 fully saturated rings. The van der Waals surface area contributed by atoms with E-state index >= 15 is 0 Å². The molecule has 1 aromatic carbocycles. The van der Waals surface area contributed by atoms with E-state index in [0.29, 0.717) is 5.71 Å². The number of benzene rings is 1. The van der Waals surface area contributed by atoms with Crippen LogP contribution in [0.25, 0.3) is 5.69 Å². The summed E-state index contributed by atoms with van der Waals surface area (Å²) in [6, 6.07) is 6.97. The minimum Gasteiger partial charge on any atom is -0.792 e. The molecular formula is C10H9N3O3. The fourth-order valence-electron chi connectivity index (χ4n) is 1.30. The number of hydrogen-bond donors (Lipinski definition) is 1. The molecule has 1 heterocycles. The van der Waals surface area contributed by atoms with Gasteiger partial charge in [0.25, 0.3) is 6.20 Å². The van der Waals surface area contributed by atoms with Crippen molar-refractivity contribution >= 4 is 5.71 Å². The molecule has 0 aliphatic rings. The van der Waals surface area contributed by atoms with E-state index < -0.39 is 5.63 Å². The molecule has 1 aromatic heterocycles. The quantitative estimate of drug-likeness (QED) is 0.454. The average molecular weight is 219 g/mol. The van der Waals surface area contributed by atoms with Crippen LogP contribution in [0.15, 0.2) is 44.9 Å². The summed E-state index contributed by atoms with van der Waals surface area (Å²) >= 11 is 0. The SMILES string of the molecule is C/C(=N\[O-])c1ccc(-[n+]2cc(=O)o[nH]2)cc1. The van der Waals surface area contributed by atoms with Crippen LogP contribution in [0, 0.1) is 5.21 Å². The van der Waals surface area contributed by atoms with Crippen LogP contribution in [-0.2, 0) is 0 Å². The smallest absolute Gasteiger partial charge is 0.427 e. The summed E-state index contributed by atoms with van der Waals surface area (Å²) in [6.45, 7) is 1.63. The molecule has 0 amide bonds. The first kappa shape index (κ1) is 10.2. The van der Waals surface area contributed by atoms with E-state index in [9.17, 15) is 10.0 Å². The van der Waals surface area contributed by atoms with E-state index in [2.05, 4.69) is 15.0 Å². The maximum Gasteiger partial charge on any atom is 0.427 e. The topological polar surface area (TPSA) is 85.3 Å². The molecule has 0 bridgehead atoms. The van der Waals surface area contributed by atoms with E-state index in [0.717, 1.165) is 11.3 Å². The van der Waals surface area contributed by atoms with E-state index in [-0.39, 0.29) is 0 Å². The van der Waals surface area contributed by atoms with E-state index in [1.165, 1.54) is 10.9 Å². The molecule has 0 atom stereocenters. The molecule has 2 rings (SSSR count). The highest BCUT2D eigenvalue weighted by atomic mass is 16.5. The van der Waals surface area contributed by atoms with Crippen molar-refractivity contribution in [3.05, 3.63) is 51.7 Å².